The Balaban J connectivity index is 1.79. The third-order valence-corrected chi connectivity index (χ3v) is 5.93. The molecule has 0 radical (unpaired) electrons. The molecular weight excluding hydrogens is 388 g/mol. The predicted octanol–water partition coefficient (Wildman–Crippen LogP) is 4.86. The number of nitrogens with zero attached hydrogens (tertiary/aromatic N) is 2. The van der Waals surface area contributed by atoms with E-state index in [0.29, 0.717) is 29.3 Å². The lowest BCUT2D eigenvalue weighted by Crippen LogP contribution is -2.37. The van der Waals surface area contributed by atoms with Crippen LogP contribution in [0.25, 0.3) is 5.57 Å². The average Bonchev–Trinajstić information content (AvgIpc) is 3.03. The number of imide groups is 1. The summed E-state index contributed by atoms with van der Waals surface area (Å²) < 4.78 is 5.74. The molecule has 1 saturated heterocycles. The second-order valence-electron chi connectivity index (χ2n) is 8.38. The van der Waals surface area contributed by atoms with E-state index in [1.807, 2.05) is 45.0 Å². The summed E-state index contributed by atoms with van der Waals surface area (Å²) in [7, 11) is 0. The van der Waals surface area contributed by atoms with Crippen LogP contribution in [0.2, 0.25) is 0 Å². The molecule has 0 unspecified atom stereocenters. The van der Waals surface area contributed by atoms with Crippen LogP contribution < -0.4 is 9.64 Å². The minimum absolute atomic E-state index is 0.241. The molecule has 2 amide bonds. The van der Waals surface area contributed by atoms with E-state index in [1.165, 1.54) is 4.90 Å². The minimum Gasteiger partial charge on any atom is -0.494 e. The summed E-state index contributed by atoms with van der Waals surface area (Å²) >= 11 is 0. The first-order valence-electron chi connectivity index (χ1n) is 11.2. The normalized spacial score (nSPS) is 17.0. The highest BCUT2D eigenvalue weighted by atomic mass is 16.5. The third kappa shape index (κ3) is 4.09. The van der Waals surface area contributed by atoms with Gasteiger partial charge < -0.3 is 9.64 Å². The van der Waals surface area contributed by atoms with E-state index < -0.39 is 0 Å². The van der Waals surface area contributed by atoms with Crippen LogP contribution in [0.4, 0.5) is 5.69 Å². The molecule has 0 atom stereocenters. The number of anilines is 1. The van der Waals surface area contributed by atoms with E-state index in [9.17, 15) is 9.59 Å². The lowest BCUT2D eigenvalue weighted by Gasteiger charge is -2.29. The largest absolute Gasteiger partial charge is 0.494 e. The van der Waals surface area contributed by atoms with Crippen LogP contribution in [0, 0.1) is 13.8 Å². The second-order valence-corrected chi connectivity index (χ2v) is 8.38. The van der Waals surface area contributed by atoms with Crippen LogP contribution in [0.15, 0.2) is 48.2 Å². The zero-order valence-electron chi connectivity index (χ0n) is 18.6. The molecule has 2 aliphatic heterocycles. The molecule has 2 aromatic rings. The summed E-state index contributed by atoms with van der Waals surface area (Å²) in [5.41, 5.74) is 4.59. The Morgan fingerprint density at radius 3 is 2.42 bits per heavy atom. The molecular formula is C26H30N2O3. The lowest BCUT2D eigenvalue weighted by atomic mass is 9.97. The number of carbonyl (C=O) groups is 2. The first kappa shape index (κ1) is 21.2. The zero-order chi connectivity index (χ0) is 22.0. The summed E-state index contributed by atoms with van der Waals surface area (Å²) in [5, 5.41) is 0. The fourth-order valence-corrected chi connectivity index (χ4v) is 4.43. The Kier molecular flexibility index (Phi) is 6.12. The Hall–Kier alpha value is -3.08. The van der Waals surface area contributed by atoms with Gasteiger partial charge >= 0.3 is 0 Å². The van der Waals surface area contributed by atoms with Gasteiger partial charge in [0.25, 0.3) is 11.8 Å². The summed E-state index contributed by atoms with van der Waals surface area (Å²) in [6.07, 6.45) is 4.12. The van der Waals surface area contributed by atoms with E-state index in [1.54, 1.807) is 12.1 Å². The maximum atomic E-state index is 13.7. The summed E-state index contributed by atoms with van der Waals surface area (Å²) in [6.45, 7) is 8.28. The van der Waals surface area contributed by atoms with E-state index in [4.69, 9.17) is 4.74 Å². The van der Waals surface area contributed by atoms with Crippen molar-refractivity contribution in [3.8, 4) is 5.75 Å². The van der Waals surface area contributed by atoms with E-state index >= 15 is 0 Å². The Morgan fingerprint density at radius 2 is 1.71 bits per heavy atom. The Labute approximate surface area is 184 Å². The van der Waals surface area contributed by atoms with Crippen LogP contribution in [-0.2, 0) is 9.59 Å². The van der Waals surface area contributed by atoms with Gasteiger partial charge in [-0.05, 0) is 62.8 Å². The maximum Gasteiger partial charge on any atom is 0.282 e. The van der Waals surface area contributed by atoms with Gasteiger partial charge in [0.15, 0.2) is 0 Å². The zero-order valence-corrected chi connectivity index (χ0v) is 18.6. The van der Waals surface area contributed by atoms with Crippen LogP contribution in [-0.4, -0.2) is 36.4 Å². The van der Waals surface area contributed by atoms with Gasteiger partial charge in [-0.1, -0.05) is 36.8 Å². The summed E-state index contributed by atoms with van der Waals surface area (Å²) in [5.74, 6) is 0.166. The number of hydrogen-bond donors (Lipinski definition) is 0. The first-order valence-corrected chi connectivity index (χ1v) is 11.2. The predicted molar refractivity (Wildman–Crippen MR) is 123 cm³/mol. The molecule has 0 N–H and O–H groups in total. The lowest BCUT2D eigenvalue weighted by molar-refractivity contribution is -0.120. The number of amides is 2. The molecule has 0 bridgehead atoms. The molecule has 2 heterocycles. The number of benzene rings is 2. The third-order valence-electron chi connectivity index (χ3n) is 5.93. The maximum absolute atomic E-state index is 13.7. The van der Waals surface area contributed by atoms with Gasteiger partial charge in [0, 0.05) is 19.2 Å². The molecule has 0 aromatic heterocycles. The fourth-order valence-electron chi connectivity index (χ4n) is 4.43. The van der Waals surface area contributed by atoms with E-state index in [2.05, 4.69) is 11.0 Å². The van der Waals surface area contributed by atoms with Crippen molar-refractivity contribution in [1.29, 1.82) is 0 Å². The van der Waals surface area contributed by atoms with Crippen molar-refractivity contribution in [3.05, 3.63) is 64.9 Å². The Bertz CT molecular complexity index is 1030. The van der Waals surface area contributed by atoms with Crippen molar-refractivity contribution >= 4 is 23.1 Å². The quantitative estimate of drug-likeness (QED) is 0.629. The number of piperidine rings is 1. The molecule has 0 saturated carbocycles. The minimum atomic E-state index is -0.259. The highest BCUT2D eigenvalue weighted by molar-refractivity contribution is 6.45. The van der Waals surface area contributed by atoms with E-state index in [0.717, 1.165) is 55.5 Å². The van der Waals surface area contributed by atoms with Gasteiger partial charge in [0.2, 0.25) is 0 Å². The van der Waals surface area contributed by atoms with Crippen LogP contribution in [0.3, 0.4) is 0 Å². The number of hydrogen-bond acceptors (Lipinski definition) is 4. The average molecular weight is 419 g/mol. The number of carbonyl (C=O) groups excluding carboxylic acids is 2. The molecule has 2 aromatic carbocycles. The van der Waals surface area contributed by atoms with Crippen molar-refractivity contribution in [2.24, 2.45) is 0 Å². The molecule has 0 spiro atoms. The van der Waals surface area contributed by atoms with Crippen molar-refractivity contribution in [3.63, 3.8) is 0 Å². The second kappa shape index (κ2) is 8.96. The SMILES string of the molecule is CCCOc1cccc(N2C(=O)C(c3ccc(C)cc3C)=C(N3CCCCC3)C2=O)c1. The Morgan fingerprint density at radius 1 is 0.935 bits per heavy atom. The summed E-state index contributed by atoms with van der Waals surface area (Å²) in [4.78, 5) is 30.8. The smallest absolute Gasteiger partial charge is 0.282 e. The van der Waals surface area contributed by atoms with Crippen molar-refractivity contribution in [2.75, 3.05) is 24.6 Å². The fraction of sp³-hybridized carbons (Fsp3) is 0.385. The molecule has 5 heteroatoms. The van der Waals surface area contributed by atoms with Crippen LogP contribution >= 0.6 is 0 Å². The standard InChI is InChI=1S/C26H30N2O3/c1-4-15-31-21-10-8-9-20(17-21)28-25(29)23(22-12-11-18(2)16-19(22)3)24(26(28)30)27-13-6-5-7-14-27/h8-12,16-17H,4-7,13-15H2,1-3H3. The van der Waals surface area contributed by atoms with Gasteiger partial charge in [-0.3, -0.25) is 9.59 Å². The number of rotatable bonds is 6. The van der Waals surface area contributed by atoms with Gasteiger partial charge in [-0.15, -0.1) is 0 Å². The first-order chi connectivity index (χ1) is 15.0. The highest BCUT2D eigenvalue weighted by Gasteiger charge is 2.43. The number of aryl methyl sites for hydroxylation is 2. The molecule has 31 heavy (non-hydrogen) atoms. The van der Waals surface area contributed by atoms with Gasteiger partial charge in [-0.2, -0.15) is 0 Å². The van der Waals surface area contributed by atoms with Gasteiger partial charge in [0.1, 0.15) is 11.4 Å². The highest BCUT2D eigenvalue weighted by Crippen LogP contribution is 2.37. The molecule has 1 fully saturated rings. The molecule has 5 nitrogen and oxygen atoms in total. The summed E-state index contributed by atoms with van der Waals surface area (Å²) in [6, 6.07) is 13.3. The topological polar surface area (TPSA) is 49.9 Å². The monoisotopic (exact) mass is 418 g/mol. The molecule has 4 rings (SSSR count). The van der Waals surface area contributed by atoms with Crippen LogP contribution in [0.5, 0.6) is 5.75 Å². The van der Waals surface area contributed by atoms with Crippen molar-refractivity contribution in [2.45, 2.75) is 46.5 Å². The van der Waals surface area contributed by atoms with Crippen molar-refractivity contribution < 1.29 is 14.3 Å². The number of ether oxygens (including phenoxy) is 1. The number of likely N-dealkylation sites (tertiary alicyclic amines) is 1. The van der Waals surface area contributed by atoms with Crippen molar-refractivity contribution in [1.82, 2.24) is 4.90 Å². The van der Waals surface area contributed by atoms with Gasteiger partial charge in [-0.25, -0.2) is 4.90 Å². The van der Waals surface area contributed by atoms with Gasteiger partial charge in [0.05, 0.1) is 17.9 Å². The molecule has 0 aliphatic carbocycles. The molecule has 2 aliphatic rings. The van der Waals surface area contributed by atoms with Crippen LogP contribution in [0.1, 0.15) is 49.3 Å². The molecule has 162 valence electrons. The van der Waals surface area contributed by atoms with E-state index in [-0.39, 0.29) is 11.8 Å².